The summed E-state index contributed by atoms with van der Waals surface area (Å²) >= 11 is 4.78. The van der Waals surface area contributed by atoms with E-state index in [-0.39, 0.29) is 18.4 Å². The Kier molecular flexibility index (Phi) is 5.95. The molecule has 0 spiro atoms. The molecule has 1 aliphatic rings. The molecule has 12 heteroatoms. The summed E-state index contributed by atoms with van der Waals surface area (Å²) in [6.07, 6.45) is 5.24. The molecule has 0 fully saturated rings. The second-order valence-corrected chi connectivity index (χ2v) is 8.22. The zero-order chi connectivity index (χ0) is 24.6. The van der Waals surface area contributed by atoms with E-state index in [1.165, 1.54) is 30.6 Å². The van der Waals surface area contributed by atoms with Gasteiger partial charge in [0.2, 0.25) is 0 Å². The van der Waals surface area contributed by atoms with E-state index < -0.39 is 11.5 Å². The van der Waals surface area contributed by atoms with Crippen LogP contribution >= 0.6 is 11.6 Å². The fraction of sp³-hybridized carbons (Fsp3) is 0.217. The van der Waals surface area contributed by atoms with Crippen LogP contribution in [0.5, 0.6) is 11.8 Å². The molecule has 0 bridgehead atoms. The molecule has 180 valence electrons. The number of imidazole rings is 1. The number of carbonyl (C=O) groups is 1. The van der Waals surface area contributed by atoms with E-state index in [1.54, 1.807) is 24.5 Å². The Morgan fingerprint density at radius 2 is 2.00 bits per heavy atom. The summed E-state index contributed by atoms with van der Waals surface area (Å²) in [5, 5.41) is 12.6. The quantitative estimate of drug-likeness (QED) is 0.380. The summed E-state index contributed by atoms with van der Waals surface area (Å²) in [5.41, 5.74) is -0.698. The number of ether oxygens (including phenoxy) is 2. The highest BCUT2D eigenvalue weighted by molar-refractivity contribution is 6.20. The van der Waals surface area contributed by atoms with Crippen LogP contribution in [0.2, 0.25) is 0 Å². The smallest absolute Gasteiger partial charge is 0.465 e. The van der Waals surface area contributed by atoms with Crippen molar-refractivity contribution in [3.8, 4) is 22.9 Å². The largest absolute Gasteiger partial charge is 0.487 e. The molecule has 0 unspecified atom stereocenters. The fourth-order valence-electron chi connectivity index (χ4n) is 3.97. The van der Waals surface area contributed by atoms with E-state index in [9.17, 15) is 18.7 Å². The number of carbonyl (C=O) groups excluding carboxylic acids is 1. The molecular formula is C23H18ClF2N5O4. The SMILES string of the molecule is O=C(Nc1ccc(OC(F)(F)Cl)cc1)c1cc(-c2cncnc2)c2c(c1)nc1n2[C@H](CO)CCO1. The van der Waals surface area contributed by atoms with Crippen LogP contribution in [0.3, 0.4) is 0 Å². The van der Waals surface area contributed by atoms with Gasteiger partial charge in [0.1, 0.15) is 12.1 Å². The second kappa shape index (κ2) is 9.08. The average Bonchev–Trinajstić information content (AvgIpc) is 3.23. The summed E-state index contributed by atoms with van der Waals surface area (Å²) in [5.74, 6) is -0.607. The van der Waals surface area contributed by atoms with Gasteiger partial charge in [0, 0.05) is 52.8 Å². The number of nitrogens with one attached hydrogen (secondary N) is 1. The lowest BCUT2D eigenvalue weighted by molar-refractivity contribution is -0.0964. The Bertz CT molecular complexity index is 1380. The zero-order valence-electron chi connectivity index (χ0n) is 18.0. The number of fused-ring (bicyclic) bond motifs is 3. The number of anilines is 1. The van der Waals surface area contributed by atoms with Gasteiger partial charge >= 0.3 is 5.57 Å². The maximum Gasteiger partial charge on any atom is 0.487 e. The Morgan fingerprint density at radius 1 is 1.26 bits per heavy atom. The normalized spacial score (nSPS) is 15.4. The van der Waals surface area contributed by atoms with Gasteiger partial charge in [0.15, 0.2) is 0 Å². The molecule has 35 heavy (non-hydrogen) atoms. The van der Waals surface area contributed by atoms with Crippen molar-refractivity contribution in [2.24, 2.45) is 0 Å². The van der Waals surface area contributed by atoms with Gasteiger partial charge in [-0.25, -0.2) is 9.97 Å². The number of rotatable bonds is 6. The van der Waals surface area contributed by atoms with Gasteiger partial charge < -0.3 is 19.9 Å². The molecule has 0 radical (unpaired) electrons. The van der Waals surface area contributed by atoms with E-state index in [2.05, 4.69) is 25.0 Å². The van der Waals surface area contributed by atoms with E-state index in [1.807, 2.05) is 4.57 Å². The number of aliphatic hydroxyl groups is 1. The predicted octanol–water partition coefficient (Wildman–Crippen LogP) is 4.23. The minimum atomic E-state index is -3.83. The van der Waals surface area contributed by atoms with Crippen LogP contribution in [0.4, 0.5) is 14.5 Å². The highest BCUT2D eigenvalue weighted by Crippen LogP contribution is 2.37. The zero-order valence-corrected chi connectivity index (χ0v) is 18.7. The predicted molar refractivity (Wildman–Crippen MR) is 123 cm³/mol. The van der Waals surface area contributed by atoms with Crippen molar-refractivity contribution >= 4 is 34.2 Å². The topological polar surface area (TPSA) is 111 Å². The van der Waals surface area contributed by atoms with Gasteiger partial charge in [-0.15, -0.1) is 8.78 Å². The summed E-state index contributed by atoms with van der Waals surface area (Å²) in [4.78, 5) is 25.8. The van der Waals surface area contributed by atoms with Gasteiger partial charge in [-0.05, 0) is 36.4 Å². The van der Waals surface area contributed by atoms with Crippen LogP contribution in [0.25, 0.3) is 22.2 Å². The number of benzene rings is 2. The van der Waals surface area contributed by atoms with Gasteiger partial charge in [-0.1, -0.05) is 0 Å². The maximum atomic E-state index is 13.1. The molecule has 0 saturated heterocycles. The monoisotopic (exact) mass is 501 g/mol. The first-order valence-corrected chi connectivity index (χ1v) is 10.9. The lowest BCUT2D eigenvalue weighted by atomic mass is 10.0. The number of aromatic nitrogens is 4. The molecular weight excluding hydrogens is 484 g/mol. The van der Waals surface area contributed by atoms with E-state index in [0.717, 1.165) is 0 Å². The second-order valence-electron chi connectivity index (χ2n) is 7.78. The molecule has 1 aliphatic heterocycles. The average molecular weight is 502 g/mol. The van der Waals surface area contributed by atoms with Gasteiger partial charge in [-0.3, -0.25) is 9.36 Å². The van der Waals surface area contributed by atoms with Crippen LogP contribution < -0.4 is 14.8 Å². The molecule has 9 nitrogen and oxygen atoms in total. The third-order valence-electron chi connectivity index (χ3n) is 5.49. The van der Waals surface area contributed by atoms with Gasteiger partial charge in [0.25, 0.3) is 11.9 Å². The van der Waals surface area contributed by atoms with Crippen LogP contribution in [0.15, 0.2) is 55.1 Å². The maximum absolute atomic E-state index is 13.1. The molecule has 2 aromatic carbocycles. The molecule has 2 aromatic heterocycles. The first-order chi connectivity index (χ1) is 16.8. The number of nitrogens with zero attached hydrogens (tertiary/aromatic N) is 4. The third kappa shape index (κ3) is 4.73. The Balaban J connectivity index is 1.53. The van der Waals surface area contributed by atoms with Crippen LogP contribution in [0, 0.1) is 0 Å². The number of halogens is 3. The minimum Gasteiger partial charge on any atom is -0.465 e. The van der Waals surface area contributed by atoms with Crippen molar-refractivity contribution in [3.05, 3.63) is 60.7 Å². The standard InChI is InChI=1S/C23H18ClF2N5O4/c24-23(25,26)35-17-3-1-15(2-4-17)29-21(33)13-7-18(14-9-27-12-28-10-14)20-19(8-13)30-22-31(20)16(11-32)5-6-34-22/h1-4,7-10,12,16,32H,5-6,11H2,(H,29,33)/t16-/m0/s1. The van der Waals surface area contributed by atoms with Crippen LogP contribution in [-0.2, 0) is 0 Å². The molecule has 3 heterocycles. The van der Waals surface area contributed by atoms with E-state index >= 15 is 0 Å². The molecule has 5 rings (SSSR count). The van der Waals surface area contributed by atoms with Crippen molar-refractivity contribution < 1.29 is 28.2 Å². The Hall–Kier alpha value is -3.83. The molecule has 2 N–H and O–H groups in total. The molecule has 0 saturated carbocycles. The molecule has 4 aromatic rings. The Labute approximate surface area is 202 Å². The number of hydrogen-bond donors (Lipinski definition) is 2. The molecule has 0 aliphatic carbocycles. The van der Waals surface area contributed by atoms with Crippen LogP contribution in [0.1, 0.15) is 22.8 Å². The molecule has 1 amide bonds. The molecule has 1 atom stereocenters. The van der Waals surface area contributed by atoms with Crippen LogP contribution in [-0.4, -0.2) is 49.3 Å². The summed E-state index contributed by atoms with van der Waals surface area (Å²) in [6, 6.07) is 8.77. The Morgan fingerprint density at radius 3 is 2.69 bits per heavy atom. The summed E-state index contributed by atoms with van der Waals surface area (Å²) in [7, 11) is 0. The van der Waals surface area contributed by atoms with Crippen molar-refractivity contribution in [1.29, 1.82) is 0 Å². The van der Waals surface area contributed by atoms with E-state index in [0.29, 0.717) is 52.4 Å². The van der Waals surface area contributed by atoms with Crippen molar-refractivity contribution in [3.63, 3.8) is 0 Å². The highest BCUT2D eigenvalue weighted by Gasteiger charge is 2.28. The first kappa shape index (κ1) is 22.9. The summed E-state index contributed by atoms with van der Waals surface area (Å²) in [6.45, 7) is 0.325. The summed E-state index contributed by atoms with van der Waals surface area (Å²) < 4.78 is 37.4. The first-order valence-electron chi connectivity index (χ1n) is 10.5. The van der Waals surface area contributed by atoms with Gasteiger partial charge in [-0.2, -0.15) is 4.98 Å². The fourth-order valence-corrected chi connectivity index (χ4v) is 4.06. The number of alkyl halides is 3. The number of amides is 1. The van der Waals surface area contributed by atoms with Gasteiger partial charge in [0.05, 0.1) is 30.3 Å². The van der Waals surface area contributed by atoms with Crippen molar-refractivity contribution in [1.82, 2.24) is 19.5 Å². The van der Waals surface area contributed by atoms with Crippen molar-refractivity contribution in [2.45, 2.75) is 18.0 Å². The number of hydrogen-bond acceptors (Lipinski definition) is 7. The lowest BCUT2D eigenvalue weighted by Crippen LogP contribution is -2.23. The highest BCUT2D eigenvalue weighted by atomic mass is 35.5. The third-order valence-corrected chi connectivity index (χ3v) is 5.57. The lowest BCUT2D eigenvalue weighted by Gasteiger charge is -2.24. The van der Waals surface area contributed by atoms with E-state index in [4.69, 9.17) is 16.3 Å². The minimum absolute atomic E-state index is 0.0931. The van der Waals surface area contributed by atoms with Crippen molar-refractivity contribution in [2.75, 3.05) is 18.5 Å². The number of aliphatic hydroxyl groups excluding tert-OH is 1.